The van der Waals surface area contributed by atoms with E-state index < -0.39 is 0 Å². The molecule has 0 saturated heterocycles. The fourth-order valence-electron chi connectivity index (χ4n) is 0.901. The smallest absolute Gasteiger partial charge is 0.102 e. The number of aliphatic imine (C=N–C) groups is 1. The molecule has 0 unspecified atom stereocenters. The van der Waals surface area contributed by atoms with Crippen molar-refractivity contribution in [1.29, 1.82) is 0 Å². The van der Waals surface area contributed by atoms with E-state index in [1.165, 1.54) is 0 Å². The lowest BCUT2D eigenvalue weighted by atomic mass is 10.4. The Hall–Kier alpha value is -1.03. The van der Waals surface area contributed by atoms with Crippen molar-refractivity contribution in [2.45, 2.75) is 19.9 Å². The molecule has 13 heavy (non-hydrogen) atoms. The summed E-state index contributed by atoms with van der Waals surface area (Å²) in [6.45, 7) is 2.41. The molecule has 4 nitrogen and oxygen atoms in total. The predicted octanol–water partition coefficient (Wildman–Crippen LogP) is 1.34. The molecule has 0 bridgehead atoms. The van der Waals surface area contributed by atoms with Crippen LogP contribution in [-0.2, 0) is 13.6 Å². The molecule has 1 heterocycles. The Balaban J connectivity index is 2.69. The summed E-state index contributed by atoms with van der Waals surface area (Å²) < 4.78 is 1.66. The third-order valence-electron chi connectivity index (χ3n) is 1.65. The summed E-state index contributed by atoms with van der Waals surface area (Å²) in [7, 11) is 1.82. The van der Waals surface area contributed by atoms with Crippen LogP contribution in [0, 0.1) is 0 Å². The largest absolute Gasteiger partial charge is 0.387 e. The first kappa shape index (κ1) is 10.1. The van der Waals surface area contributed by atoms with Gasteiger partial charge in [0.1, 0.15) is 5.69 Å². The van der Waals surface area contributed by atoms with Gasteiger partial charge in [-0.25, -0.2) is 0 Å². The Kier molecular flexibility index (Phi) is 3.31. The number of amidine groups is 1. The van der Waals surface area contributed by atoms with Gasteiger partial charge in [0.05, 0.1) is 17.4 Å². The minimum atomic E-state index is 0.458. The highest BCUT2D eigenvalue weighted by Gasteiger charge is 2.03. The average Bonchev–Trinajstić information content (AvgIpc) is 2.41. The lowest BCUT2D eigenvalue weighted by Gasteiger charge is -1.94. The summed E-state index contributed by atoms with van der Waals surface area (Å²) in [5, 5.41) is 4.77. The van der Waals surface area contributed by atoms with Gasteiger partial charge >= 0.3 is 0 Å². The highest BCUT2D eigenvalue weighted by atomic mass is 35.5. The van der Waals surface area contributed by atoms with E-state index in [4.69, 9.17) is 17.3 Å². The molecule has 0 fully saturated rings. The van der Waals surface area contributed by atoms with Gasteiger partial charge in [-0.1, -0.05) is 18.5 Å². The fourth-order valence-corrected chi connectivity index (χ4v) is 1.14. The molecule has 0 amide bonds. The average molecular weight is 201 g/mol. The Morgan fingerprint density at radius 2 is 2.46 bits per heavy atom. The molecule has 72 valence electrons. The number of rotatable bonds is 3. The second-order valence-electron chi connectivity index (χ2n) is 2.76. The van der Waals surface area contributed by atoms with E-state index in [1.54, 1.807) is 10.9 Å². The number of aromatic nitrogens is 2. The predicted molar refractivity (Wildman–Crippen MR) is 53.8 cm³/mol. The van der Waals surface area contributed by atoms with Crippen LogP contribution in [-0.4, -0.2) is 15.6 Å². The van der Waals surface area contributed by atoms with Gasteiger partial charge in [0.2, 0.25) is 0 Å². The van der Waals surface area contributed by atoms with Crippen molar-refractivity contribution in [3.63, 3.8) is 0 Å². The maximum Gasteiger partial charge on any atom is 0.102 e. The molecule has 1 aromatic heterocycles. The molecule has 0 atom stereocenters. The van der Waals surface area contributed by atoms with Crippen LogP contribution in [0.15, 0.2) is 11.2 Å². The molecule has 0 aliphatic rings. The van der Waals surface area contributed by atoms with Crippen LogP contribution in [0.4, 0.5) is 0 Å². The zero-order valence-corrected chi connectivity index (χ0v) is 8.54. The number of aryl methyl sites for hydroxylation is 1. The van der Waals surface area contributed by atoms with Crippen LogP contribution >= 0.6 is 11.6 Å². The number of hydrogen-bond donors (Lipinski definition) is 1. The van der Waals surface area contributed by atoms with Gasteiger partial charge in [-0.3, -0.25) is 9.67 Å². The summed E-state index contributed by atoms with van der Waals surface area (Å²) in [6, 6.07) is 0. The van der Waals surface area contributed by atoms with Crippen LogP contribution in [0.5, 0.6) is 0 Å². The Labute approximate surface area is 82.4 Å². The monoisotopic (exact) mass is 200 g/mol. The number of nitrogens with two attached hydrogens (primary N) is 1. The van der Waals surface area contributed by atoms with Crippen molar-refractivity contribution in [2.24, 2.45) is 17.8 Å². The zero-order valence-electron chi connectivity index (χ0n) is 7.79. The van der Waals surface area contributed by atoms with E-state index in [2.05, 4.69) is 10.1 Å². The van der Waals surface area contributed by atoms with Gasteiger partial charge in [-0.05, 0) is 0 Å². The SMILES string of the molecule is CCC(N)=NCc1nn(C)cc1Cl. The number of halogens is 1. The first-order valence-electron chi connectivity index (χ1n) is 4.10. The Morgan fingerprint density at radius 1 is 1.77 bits per heavy atom. The van der Waals surface area contributed by atoms with E-state index in [0.717, 1.165) is 12.1 Å². The van der Waals surface area contributed by atoms with Gasteiger partial charge in [0.25, 0.3) is 0 Å². The quantitative estimate of drug-likeness (QED) is 0.592. The highest BCUT2D eigenvalue weighted by Crippen LogP contribution is 2.13. The van der Waals surface area contributed by atoms with Crippen LogP contribution in [0.25, 0.3) is 0 Å². The van der Waals surface area contributed by atoms with E-state index >= 15 is 0 Å². The van der Waals surface area contributed by atoms with Crippen molar-refractivity contribution in [1.82, 2.24) is 9.78 Å². The van der Waals surface area contributed by atoms with Crippen LogP contribution in [0.2, 0.25) is 5.02 Å². The molecule has 1 rings (SSSR count). The third kappa shape index (κ3) is 2.73. The fraction of sp³-hybridized carbons (Fsp3) is 0.500. The first-order chi connectivity index (χ1) is 6.13. The first-order valence-corrected chi connectivity index (χ1v) is 4.48. The molecular formula is C8H13ClN4. The van der Waals surface area contributed by atoms with Crippen molar-refractivity contribution in [2.75, 3.05) is 0 Å². The van der Waals surface area contributed by atoms with Crippen molar-refractivity contribution in [3.8, 4) is 0 Å². The summed E-state index contributed by atoms with van der Waals surface area (Å²) in [5.41, 5.74) is 6.31. The molecule has 0 aliphatic heterocycles. The second-order valence-corrected chi connectivity index (χ2v) is 3.17. The summed E-state index contributed by atoms with van der Waals surface area (Å²) in [5.74, 6) is 0.627. The van der Waals surface area contributed by atoms with Crippen LogP contribution in [0.3, 0.4) is 0 Å². The maximum absolute atomic E-state index is 5.88. The van der Waals surface area contributed by atoms with Crippen molar-refractivity contribution >= 4 is 17.4 Å². The van der Waals surface area contributed by atoms with Crippen molar-refractivity contribution < 1.29 is 0 Å². The maximum atomic E-state index is 5.88. The topological polar surface area (TPSA) is 56.2 Å². The highest BCUT2D eigenvalue weighted by molar-refractivity contribution is 6.31. The second kappa shape index (κ2) is 4.28. The lowest BCUT2D eigenvalue weighted by Crippen LogP contribution is -2.09. The Morgan fingerprint density at radius 3 is 2.92 bits per heavy atom. The Bertz CT molecular complexity index is 316. The van der Waals surface area contributed by atoms with Gasteiger partial charge in [0, 0.05) is 19.7 Å². The molecular weight excluding hydrogens is 188 g/mol. The van der Waals surface area contributed by atoms with Gasteiger partial charge < -0.3 is 5.73 Å². The molecule has 0 saturated carbocycles. The van der Waals surface area contributed by atoms with Gasteiger partial charge in [-0.2, -0.15) is 5.10 Å². The van der Waals surface area contributed by atoms with E-state index in [0.29, 0.717) is 17.4 Å². The van der Waals surface area contributed by atoms with E-state index in [9.17, 15) is 0 Å². The normalized spacial score (nSPS) is 12.1. The van der Waals surface area contributed by atoms with Gasteiger partial charge in [0.15, 0.2) is 0 Å². The molecule has 1 aromatic rings. The molecule has 2 N–H and O–H groups in total. The number of hydrogen-bond acceptors (Lipinski definition) is 2. The third-order valence-corrected chi connectivity index (χ3v) is 1.96. The molecule has 5 heteroatoms. The van der Waals surface area contributed by atoms with Crippen molar-refractivity contribution in [3.05, 3.63) is 16.9 Å². The summed E-state index contributed by atoms with van der Waals surface area (Å²) >= 11 is 5.88. The number of nitrogens with zero attached hydrogens (tertiary/aromatic N) is 3. The van der Waals surface area contributed by atoms with Crippen LogP contribution < -0.4 is 5.73 Å². The molecule has 0 radical (unpaired) electrons. The van der Waals surface area contributed by atoms with Crippen LogP contribution in [0.1, 0.15) is 19.0 Å². The zero-order chi connectivity index (χ0) is 9.84. The molecule has 0 aromatic carbocycles. The summed E-state index contributed by atoms with van der Waals surface area (Å²) in [4.78, 5) is 4.12. The minimum Gasteiger partial charge on any atom is -0.387 e. The standard InChI is InChI=1S/C8H13ClN4/c1-3-8(10)11-4-7-6(9)5-13(2)12-7/h5H,3-4H2,1-2H3,(H2,10,11). The van der Waals surface area contributed by atoms with E-state index in [-0.39, 0.29) is 0 Å². The minimum absolute atomic E-state index is 0.458. The van der Waals surface area contributed by atoms with Gasteiger partial charge in [-0.15, -0.1) is 0 Å². The summed E-state index contributed by atoms with van der Waals surface area (Å²) in [6.07, 6.45) is 2.50. The van der Waals surface area contributed by atoms with E-state index in [1.807, 2.05) is 14.0 Å². The molecule has 0 aliphatic carbocycles. The lowest BCUT2D eigenvalue weighted by molar-refractivity contribution is 0.742. The molecule has 0 spiro atoms.